The van der Waals surface area contributed by atoms with E-state index < -0.39 is 0 Å². The number of hydrogen-bond donors (Lipinski definition) is 2. The summed E-state index contributed by atoms with van der Waals surface area (Å²) in [5.74, 6) is 1.46. The number of aromatic nitrogens is 2. The van der Waals surface area contributed by atoms with E-state index in [4.69, 9.17) is 0 Å². The zero-order valence-corrected chi connectivity index (χ0v) is 9.90. The van der Waals surface area contributed by atoms with Gasteiger partial charge in [0.05, 0.1) is 0 Å². The number of nitrogens with zero attached hydrogens (tertiary/aromatic N) is 3. The highest BCUT2D eigenvalue weighted by Crippen LogP contribution is 2.04. The van der Waals surface area contributed by atoms with Crippen LogP contribution in [0.4, 0.5) is 11.8 Å². The Balaban J connectivity index is 2.43. The second-order valence-corrected chi connectivity index (χ2v) is 3.67. The normalized spacial score (nSPS) is 10.2. The molecule has 0 aromatic carbocycles. The molecule has 1 heterocycles. The molecule has 88 valence electrons. The highest BCUT2D eigenvalue weighted by atomic mass is 15.2. The molecule has 0 aliphatic heterocycles. The first-order valence-electron chi connectivity index (χ1n) is 5.29. The van der Waals surface area contributed by atoms with Crippen LogP contribution >= 0.6 is 0 Å². The zero-order valence-electron chi connectivity index (χ0n) is 9.90. The summed E-state index contributed by atoms with van der Waals surface area (Å²) in [7, 11) is 4.06. The molecule has 0 fully saturated rings. The average Bonchev–Trinajstić information content (AvgIpc) is 2.26. The molecule has 0 unspecified atom stereocenters. The van der Waals surface area contributed by atoms with Gasteiger partial charge in [-0.05, 0) is 20.2 Å². The van der Waals surface area contributed by atoms with E-state index >= 15 is 0 Å². The summed E-state index contributed by atoms with van der Waals surface area (Å²) in [6, 6.07) is 1.83. The van der Waals surface area contributed by atoms with Gasteiger partial charge in [-0.25, -0.2) is 4.98 Å². The average molecular weight is 221 g/mol. The monoisotopic (exact) mass is 221 g/mol. The van der Waals surface area contributed by atoms with Crippen molar-refractivity contribution >= 4 is 11.8 Å². The molecule has 1 aromatic rings. The van der Waals surface area contributed by atoms with E-state index in [0.29, 0.717) is 12.5 Å². The summed E-state index contributed by atoms with van der Waals surface area (Å²) in [6.45, 7) is 6.13. The molecule has 0 bridgehead atoms. The third kappa shape index (κ3) is 4.75. The van der Waals surface area contributed by atoms with Gasteiger partial charge in [0.1, 0.15) is 5.82 Å². The molecule has 1 aromatic heterocycles. The molecule has 5 heteroatoms. The molecule has 5 nitrogen and oxygen atoms in total. The van der Waals surface area contributed by atoms with Crippen molar-refractivity contribution in [1.82, 2.24) is 14.9 Å². The molecule has 0 saturated carbocycles. The molecule has 16 heavy (non-hydrogen) atoms. The minimum Gasteiger partial charge on any atom is -0.366 e. The Morgan fingerprint density at radius 1 is 1.44 bits per heavy atom. The number of likely N-dealkylation sites (N-methyl/N-ethyl adjacent to an activating group) is 1. The van der Waals surface area contributed by atoms with Crippen molar-refractivity contribution in [3.05, 3.63) is 24.9 Å². The Morgan fingerprint density at radius 2 is 2.25 bits per heavy atom. The molecular formula is C11H19N5. The van der Waals surface area contributed by atoms with E-state index in [0.717, 1.165) is 18.9 Å². The van der Waals surface area contributed by atoms with Crippen molar-refractivity contribution in [3.63, 3.8) is 0 Å². The molecule has 1 rings (SSSR count). The fourth-order valence-electron chi connectivity index (χ4n) is 1.11. The molecule has 0 atom stereocenters. The first-order valence-corrected chi connectivity index (χ1v) is 5.29. The van der Waals surface area contributed by atoms with E-state index in [9.17, 15) is 0 Å². The topological polar surface area (TPSA) is 53.1 Å². The van der Waals surface area contributed by atoms with Crippen LogP contribution in [0.5, 0.6) is 0 Å². The molecule has 2 N–H and O–H groups in total. The molecule has 0 radical (unpaired) electrons. The van der Waals surface area contributed by atoms with Crippen LogP contribution in [0.2, 0.25) is 0 Å². The lowest BCUT2D eigenvalue weighted by molar-refractivity contribution is 0.425. The smallest absolute Gasteiger partial charge is 0.224 e. The van der Waals surface area contributed by atoms with E-state index in [1.165, 1.54) is 0 Å². The van der Waals surface area contributed by atoms with Crippen LogP contribution in [-0.2, 0) is 0 Å². The predicted octanol–water partition coefficient (Wildman–Crippen LogP) is 1.05. The SMILES string of the molecule is C=CCNc1ccnc(NCCN(C)C)n1. The number of rotatable bonds is 7. The van der Waals surface area contributed by atoms with Crippen molar-refractivity contribution in [2.75, 3.05) is 44.4 Å². The summed E-state index contributed by atoms with van der Waals surface area (Å²) in [6.07, 6.45) is 3.53. The number of hydrogen-bond acceptors (Lipinski definition) is 5. The lowest BCUT2D eigenvalue weighted by Gasteiger charge is -2.10. The lowest BCUT2D eigenvalue weighted by atomic mass is 10.5. The van der Waals surface area contributed by atoms with E-state index in [1.807, 2.05) is 20.2 Å². The van der Waals surface area contributed by atoms with Gasteiger partial charge >= 0.3 is 0 Å². The van der Waals surface area contributed by atoms with Crippen molar-refractivity contribution < 1.29 is 0 Å². The fourth-order valence-corrected chi connectivity index (χ4v) is 1.11. The molecular weight excluding hydrogens is 202 g/mol. The molecule has 0 amide bonds. The van der Waals surface area contributed by atoms with Crippen molar-refractivity contribution in [2.45, 2.75) is 0 Å². The number of nitrogens with one attached hydrogen (secondary N) is 2. The molecule has 0 aliphatic rings. The van der Waals surface area contributed by atoms with Gasteiger partial charge in [0.2, 0.25) is 5.95 Å². The van der Waals surface area contributed by atoms with E-state index in [1.54, 1.807) is 12.3 Å². The van der Waals surface area contributed by atoms with Crippen LogP contribution in [0.1, 0.15) is 0 Å². The first kappa shape index (κ1) is 12.4. The molecule has 0 saturated heterocycles. The Labute approximate surface area is 96.6 Å². The third-order valence-corrected chi connectivity index (χ3v) is 1.93. The van der Waals surface area contributed by atoms with Gasteiger partial charge in [-0.15, -0.1) is 6.58 Å². The minimum absolute atomic E-state index is 0.649. The summed E-state index contributed by atoms with van der Waals surface area (Å²) in [4.78, 5) is 10.5. The highest BCUT2D eigenvalue weighted by molar-refractivity contribution is 5.39. The summed E-state index contributed by atoms with van der Waals surface area (Å²) in [5, 5.41) is 6.28. The maximum absolute atomic E-state index is 4.31. The predicted molar refractivity (Wildman–Crippen MR) is 67.8 cm³/mol. The quantitative estimate of drug-likeness (QED) is 0.674. The zero-order chi connectivity index (χ0) is 11.8. The van der Waals surface area contributed by atoms with Crippen LogP contribution in [0.25, 0.3) is 0 Å². The highest BCUT2D eigenvalue weighted by Gasteiger charge is 1.97. The Kier molecular flexibility index (Phi) is 5.28. The Hall–Kier alpha value is -1.62. The van der Waals surface area contributed by atoms with Gasteiger partial charge in [0, 0.05) is 25.8 Å². The second-order valence-electron chi connectivity index (χ2n) is 3.67. The maximum Gasteiger partial charge on any atom is 0.224 e. The third-order valence-electron chi connectivity index (χ3n) is 1.93. The lowest BCUT2D eigenvalue weighted by Crippen LogP contribution is -2.21. The molecule has 0 aliphatic carbocycles. The van der Waals surface area contributed by atoms with Crippen LogP contribution < -0.4 is 10.6 Å². The van der Waals surface area contributed by atoms with Crippen molar-refractivity contribution in [2.24, 2.45) is 0 Å². The molecule has 0 spiro atoms. The van der Waals surface area contributed by atoms with Crippen LogP contribution in [0, 0.1) is 0 Å². The Bertz CT molecular complexity index is 324. The number of anilines is 2. The van der Waals surface area contributed by atoms with Crippen LogP contribution in [0.3, 0.4) is 0 Å². The van der Waals surface area contributed by atoms with Gasteiger partial charge in [0.25, 0.3) is 0 Å². The fraction of sp³-hybridized carbons (Fsp3) is 0.455. The summed E-state index contributed by atoms with van der Waals surface area (Å²) >= 11 is 0. The van der Waals surface area contributed by atoms with E-state index in [-0.39, 0.29) is 0 Å². The second kappa shape index (κ2) is 6.79. The van der Waals surface area contributed by atoms with Crippen LogP contribution in [0.15, 0.2) is 24.9 Å². The van der Waals surface area contributed by atoms with Crippen molar-refractivity contribution in [3.8, 4) is 0 Å². The van der Waals surface area contributed by atoms with Gasteiger partial charge in [-0.1, -0.05) is 6.08 Å². The van der Waals surface area contributed by atoms with Gasteiger partial charge < -0.3 is 15.5 Å². The van der Waals surface area contributed by atoms with Gasteiger partial charge in [-0.3, -0.25) is 0 Å². The van der Waals surface area contributed by atoms with E-state index in [2.05, 4.69) is 32.1 Å². The first-order chi connectivity index (χ1) is 7.72. The standard InChI is InChI=1S/C11H19N5/c1-4-6-12-10-5-7-13-11(15-10)14-8-9-16(2)3/h4-5,7H,1,6,8-9H2,2-3H3,(H2,12,13,14,15). The minimum atomic E-state index is 0.649. The van der Waals surface area contributed by atoms with Gasteiger partial charge in [0.15, 0.2) is 0 Å². The van der Waals surface area contributed by atoms with Gasteiger partial charge in [-0.2, -0.15) is 4.98 Å². The van der Waals surface area contributed by atoms with Crippen LogP contribution in [-0.4, -0.2) is 48.6 Å². The maximum atomic E-state index is 4.31. The summed E-state index contributed by atoms with van der Waals surface area (Å²) in [5.41, 5.74) is 0. The Morgan fingerprint density at radius 3 is 2.94 bits per heavy atom. The summed E-state index contributed by atoms with van der Waals surface area (Å²) < 4.78 is 0. The van der Waals surface area contributed by atoms with Crippen molar-refractivity contribution in [1.29, 1.82) is 0 Å². The largest absolute Gasteiger partial charge is 0.366 e.